The number of hydrogen-bond donors (Lipinski definition) is 2. The molecule has 0 aliphatic carbocycles. The molecule has 0 aliphatic rings. The molecule has 3 aromatic rings. The van der Waals surface area contributed by atoms with Crippen molar-refractivity contribution in [2.75, 3.05) is 13.4 Å². The van der Waals surface area contributed by atoms with Crippen LogP contribution in [0.25, 0.3) is 11.3 Å². The first-order chi connectivity index (χ1) is 13.1. The van der Waals surface area contributed by atoms with E-state index in [1.807, 2.05) is 30.5 Å². The quantitative estimate of drug-likeness (QED) is 0.519. The minimum Gasteiger partial charge on any atom is -0.496 e. The number of rotatable bonds is 5. The van der Waals surface area contributed by atoms with Crippen molar-refractivity contribution in [2.45, 2.75) is 4.90 Å². The summed E-state index contributed by atoms with van der Waals surface area (Å²) in [5.74, 6) is 0.0480. The zero-order chi connectivity index (χ0) is 19.2. The SMILES string of the molecule is COc1ccccc1C(=O)NNC(=O)c1ccc(-c2ccc(SC)cc2)o1. The zero-order valence-corrected chi connectivity index (χ0v) is 15.6. The van der Waals surface area contributed by atoms with E-state index in [0.717, 1.165) is 10.5 Å². The van der Waals surface area contributed by atoms with Gasteiger partial charge in [0.2, 0.25) is 0 Å². The maximum absolute atomic E-state index is 12.2. The normalized spacial score (nSPS) is 10.3. The highest BCUT2D eigenvalue weighted by Gasteiger charge is 2.15. The van der Waals surface area contributed by atoms with Gasteiger partial charge in [-0.05, 0) is 42.7 Å². The van der Waals surface area contributed by atoms with Crippen LogP contribution in [0, 0.1) is 0 Å². The minimum absolute atomic E-state index is 0.0965. The second-order valence-corrected chi connectivity index (χ2v) is 6.38. The Morgan fingerprint density at radius 3 is 2.33 bits per heavy atom. The summed E-state index contributed by atoms with van der Waals surface area (Å²) in [4.78, 5) is 25.6. The molecule has 7 heteroatoms. The molecule has 6 nitrogen and oxygen atoms in total. The number of carbonyl (C=O) groups is 2. The van der Waals surface area contributed by atoms with Gasteiger partial charge in [0.1, 0.15) is 11.5 Å². The van der Waals surface area contributed by atoms with E-state index in [1.165, 1.54) is 7.11 Å². The van der Waals surface area contributed by atoms with Gasteiger partial charge in [-0.1, -0.05) is 24.3 Å². The van der Waals surface area contributed by atoms with Crippen molar-refractivity contribution < 1.29 is 18.7 Å². The summed E-state index contributed by atoms with van der Waals surface area (Å²) in [6, 6.07) is 17.8. The number of amides is 2. The van der Waals surface area contributed by atoms with E-state index in [9.17, 15) is 9.59 Å². The number of hydrazine groups is 1. The Labute approximate surface area is 160 Å². The average molecular weight is 382 g/mol. The maximum Gasteiger partial charge on any atom is 0.305 e. The minimum atomic E-state index is -0.551. The van der Waals surface area contributed by atoms with Crippen molar-refractivity contribution in [1.82, 2.24) is 10.9 Å². The summed E-state index contributed by atoms with van der Waals surface area (Å²) in [5, 5.41) is 0. The predicted molar refractivity (Wildman–Crippen MR) is 104 cm³/mol. The molecule has 0 saturated heterocycles. The van der Waals surface area contributed by atoms with Gasteiger partial charge in [-0.3, -0.25) is 20.4 Å². The highest BCUT2D eigenvalue weighted by atomic mass is 32.2. The second-order valence-electron chi connectivity index (χ2n) is 5.50. The molecule has 2 amide bonds. The number of ether oxygens (including phenoxy) is 1. The molecule has 0 spiro atoms. The number of benzene rings is 2. The number of hydrogen-bond acceptors (Lipinski definition) is 5. The Bertz CT molecular complexity index is 951. The summed E-state index contributed by atoms with van der Waals surface area (Å²) >= 11 is 1.65. The van der Waals surface area contributed by atoms with E-state index in [0.29, 0.717) is 17.1 Å². The summed E-state index contributed by atoms with van der Waals surface area (Å²) in [6.45, 7) is 0. The van der Waals surface area contributed by atoms with Crippen LogP contribution in [0.1, 0.15) is 20.9 Å². The first-order valence-electron chi connectivity index (χ1n) is 8.10. The van der Waals surface area contributed by atoms with Crippen molar-refractivity contribution in [1.29, 1.82) is 0 Å². The fourth-order valence-electron chi connectivity index (χ4n) is 2.45. The van der Waals surface area contributed by atoms with Gasteiger partial charge in [0, 0.05) is 10.5 Å². The van der Waals surface area contributed by atoms with Gasteiger partial charge in [0.25, 0.3) is 5.91 Å². The van der Waals surface area contributed by atoms with E-state index in [4.69, 9.17) is 9.15 Å². The molecule has 0 unspecified atom stereocenters. The third-order valence-electron chi connectivity index (χ3n) is 3.85. The Morgan fingerprint density at radius 2 is 1.63 bits per heavy atom. The monoisotopic (exact) mass is 382 g/mol. The van der Waals surface area contributed by atoms with Crippen molar-refractivity contribution in [3.8, 4) is 17.1 Å². The molecule has 0 atom stereocenters. The molecule has 138 valence electrons. The Hall–Kier alpha value is -3.19. The molecule has 0 fully saturated rings. The number of furan rings is 1. The number of nitrogens with one attached hydrogen (secondary N) is 2. The smallest absolute Gasteiger partial charge is 0.305 e. The van der Waals surface area contributed by atoms with Crippen molar-refractivity contribution >= 4 is 23.6 Å². The first-order valence-corrected chi connectivity index (χ1v) is 9.33. The van der Waals surface area contributed by atoms with E-state index in [2.05, 4.69) is 10.9 Å². The molecule has 1 aromatic heterocycles. The van der Waals surface area contributed by atoms with Crippen LogP contribution < -0.4 is 15.6 Å². The number of methoxy groups -OCH3 is 1. The summed E-state index contributed by atoms with van der Waals surface area (Å²) in [5.41, 5.74) is 5.88. The molecule has 0 bridgehead atoms. The Balaban J connectivity index is 1.65. The van der Waals surface area contributed by atoms with Gasteiger partial charge in [0.05, 0.1) is 12.7 Å². The molecule has 3 rings (SSSR count). The third kappa shape index (κ3) is 4.32. The highest BCUT2D eigenvalue weighted by Crippen LogP contribution is 2.25. The Kier molecular flexibility index (Phi) is 5.83. The third-order valence-corrected chi connectivity index (χ3v) is 4.59. The van der Waals surface area contributed by atoms with Gasteiger partial charge in [-0.15, -0.1) is 11.8 Å². The highest BCUT2D eigenvalue weighted by molar-refractivity contribution is 7.98. The topological polar surface area (TPSA) is 80.6 Å². The molecule has 2 N–H and O–H groups in total. The van der Waals surface area contributed by atoms with Crippen molar-refractivity contribution in [3.63, 3.8) is 0 Å². The van der Waals surface area contributed by atoms with Gasteiger partial charge in [-0.2, -0.15) is 0 Å². The summed E-state index contributed by atoms with van der Waals surface area (Å²) in [6.07, 6.45) is 2.00. The maximum atomic E-state index is 12.2. The van der Waals surface area contributed by atoms with Crippen LogP contribution in [0.2, 0.25) is 0 Å². The lowest BCUT2D eigenvalue weighted by Gasteiger charge is -2.09. The average Bonchev–Trinajstić information content (AvgIpc) is 3.22. The number of thioether (sulfide) groups is 1. The lowest BCUT2D eigenvalue weighted by molar-refractivity contribution is 0.0830. The van der Waals surface area contributed by atoms with Crippen LogP contribution >= 0.6 is 11.8 Å². The standard InChI is InChI=1S/C20H18N2O4S/c1-25-17-6-4-3-5-15(17)19(23)21-22-20(24)18-12-11-16(26-18)13-7-9-14(27-2)10-8-13/h3-12H,1-2H3,(H,21,23)(H,22,24). The van der Waals surface area contributed by atoms with E-state index < -0.39 is 11.8 Å². The molecule has 27 heavy (non-hydrogen) atoms. The second kappa shape index (κ2) is 8.46. The zero-order valence-electron chi connectivity index (χ0n) is 14.8. The summed E-state index contributed by atoms with van der Waals surface area (Å²) < 4.78 is 10.7. The molecule has 0 radical (unpaired) electrons. The molecule has 1 heterocycles. The fraction of sp³-hybridized carbons (Fsp3) is 0.100. The molecule has 0 saturated carbocycles. The largest absolute Gasteiger partial charge is 0.496 e. The van der Waals surface area contributed by atoms with Crippen LogP contribution in [-0.4, -0.2) is 25.2 Å². The van der Waals surface area contributed by atoms with Crippen molar-refractivity contribution in [3.05, 3.63) is 72.0 Å². The fourth-order valence-corrected chi connectivity index (χ4v) is 2.85. The molecular weight excluding hydrogens is 364 g/mol. The van der Waals surface area contributed by atoms with Crippen molar-refractivity contribution in [2.24, 2.45) is 0 Å². The van der Waals surface area contributed by atoms with E-state index in [-0.39, 0.29) is 5.76 Å². The molecular formula is C20H18N2O4S. The van der Waals surface area contributed by atoms with Crippen LogP contribution in [0.4, 0.5) is 0 Å². The van der Waals surface area contributed by atoms with Crippen LogP contribution in [0.3, 0.4) is 0 Å². The van der Waals surface area contributed by atoms with E-state index >= 15 is 0 Å². The van der Waals surface area contributed by atoms with Gasteiger partial charge >= 0.3 is 5.91 Å². The van der Waals surface area contributed by atoms with E-state index in [1.54, 1.807) is 48.2 Å². The lowest BCUT2D eigenvalue weighted by Crippen LogP contribution is -2.41. The molecule has 0 aliphatic heterocycles. The predicted octanol–water partition coefficient (Wildman–Crippen LogP) is 3.75. The Morgan fingerprint density at radius 1 is 0.926 bits per heavy atom. The first kappa shape index (κ1) is 18.6. The van der Waals surface area contributed by atoms with Gasteiger partial charge in [-0.25, -0.2) is 0 Å². The number of carbonyl (C=O) groups excluding carboxylic acids is 2. The lowest BCUT2D eigenvalue weighted by atomic mass is 10.2. The summed E-state index contributed by atoms with van der Waals surface area (Å²) in [7, 11) is 1.47. The van der Waals surface area contributed by atoms with Crippen LogP contribution in [0.5, 0.6) is 5.75 Å². The van der Waals surface area contributed by atoms with Crippen LogP contribution in [0.15, 0.2) is 70.0 Å². The van der Waals surface area contributed by atoms with Gasteiger partial charge < -0.3 is 9.15 Å². The molecule has 2 aromatic carbocycles. The number of para-hydroxylation sites is 1. The van der Waals surface area contributed by atoms with Gasteiger partial charge in [0.15, 0.2) is 5.76 Å². The van der Waals surface area contributed by atoms with Crippen LogP contribution in [-0.2, 0) is 0 Å².